The van der Waals surface area contributed by atoms with Gasteiger partial charge in [-0.05, 0) is 44.0 Å². The highest BCUT2D eigenvalue weighted by atomic mass is 32.2. The van der Waals surface area contributed by atoms with Crippen molar-refractivity contribution >= 4 is 11.8 Å². The van der Waals surface area contributed by atoms with Crippen LogP contribution in [0.25, 0.3) is 0 Å². The van der Waals surface area contributed by atoms with E-state index >= 15 is 0 Å². The van der Waals surface area contributed by atoms with Crippen LogP contribution >= 0.6 is 11.8 Å². The molecule has 1 atom stereocenters. The van der Waals surface area contributed by atoms with Gasteiger partial charge in [0.05, 0.1) is 0 Å². The first kappa shape index (κ1) is 17.5. The fraction of sp³-hybridized carbons (Fsp3) is 0.300. The van der Waals surface area contributed by atoms with Crippen molar-refractivity contribution in [2.24, 2.45) is 7.05 Å². The first-order valence-electron chi connectivity index (χ1n) is 8.34. The number of aromatic nitrogens is 3. The van der Waals surface area contributed by atoms with Crippen molar-refractivity contribution < 1.29 is 4.74 Å². The second kappa shape index (κ2) is 7.74. The van der Waals surface area contributed by atoms with Crippen LogP contribution in [0, 0.1) is 13.8 Å². The van der Waals surface area contributed by atoms with Crippen LogP contribution < -0.4 is 4.74 Å². The van der Waals surface area contributed by atoms with Gasteiger partial charge in [0.1, 0.15) is 5.75 Å². The van der Waals surface area contributed by atoms with E-state index in [0.717, 1.165) is 22.5 Å². The number of rotatable bonds is 6. The topological polar surface area (TPSA) is 39.9 Å². The number of hydrogen-bond donors (Lipinski definition) is 0. The maximum Gasteiger partial charge on any atom is 0.191 e. The Morgan fingerprint density at radius 2 is 1.76 bits per heavy atom. The number of thioether (sulfide) groups is 1. The van der Waals surface area contributed by atoms with E-state index in [-0.39, 0.29) is 6.10 Å². The summed E-state index contributed by atoms with van der Waals surface area (Å²) in [5.74, 6) is 2.55. The molecular weight excluding hydrogens is 330 g/mol. The minimum atomic E-state index is -0.160. The fourth-order valence-corrected chi connectivity index (χ4v) is 3.56. The van der Waals surface area contributed by atoms with Crippen LogP contribution in [0.15, 0.2) is 53.7 Å². The minimum Gasteiger partial charge on any atom is -0.483 e. The summed E-state index contributed by atoms with van der Waals surface area (Å²) in [6.45, 7) is 6.17. The lowest BCUT2D eigenvalue weighted by molar-refractivity contribution is 0.211. The molecule has 0 aliphatic rings. The Balaban J connectivity index is 1.67. The van der Waals surface area contributed by atoms with Crippen molar-refractivity contribution in [2.45, 2.75) is 37.8 Å². The average molecular weight is 353 g/mol. The standard InChI is InChI=1S/C20H23N3OS/c1-14-7-5-9-17(11-14)13-25-20-22-21-19(23(20)4)16(3)24-18-10-6-8-15(2)12-18/h5-12,16H,13H2,1-4H3. The van der Waals surface area contributed by atoms with Crippen molar-refractivity contribution in [2.75, 3.05) is 0 Å². The number of aryl methyl sites for hydroxylation is 2. The lowest BCUT2D eigenvalue weighted by atomic mass is 10.2. The van der Waals surface area contributed by atoms with Gasteiger partial charge in [-0.2, -0.15) is 0 Å². The molecule has 5 heteroatoms. The summed E-state index contributed by atoms with van der Waals surface area (Å²) >= 11 is 1.69. The van der Waals surface area contributed by atoms with E-state index in [1.165, 1.54) is 16.7 Å². The van der Waals surface area contributed by atoms with E-state index in [9.17, 15) is 0 Å². The molecule has 0 aliphatic heterocycles. The first-order chi connectivity index (χ1) is 12.0. The Morgan fingerprint density at radius 1 is 1.04 bits per heavy atom. The Labute approximate surface area is 153 Å². The fourth-order valence-electron chi connectivity index (χ4n) is 2.70. The van der Waals surface area contributed by atoms with Crippen molar-refractivity contribution in [3.05, 3.63) is 71.0 Å². The highest BCUT2D eigenvalue weighted by Crippen LogP contribution is 2.26. The molecule has 1 aromatic heterocycles. The molecule has 3 aromatic rings. The van der Waals surface area contributed by atoms with Crippen LogP contribution in [0.2, 0.25) is 0 Å². The van der Waals surface area contributed by atoms with E-state index in [4.69, 9.17) is 4.74 Å². The van der Waals surface area contributed by atoms with Crippen molar-refractivity contribution in [1.82, 2.24) is 14.8 Å². The molecule has 3 rings (SSSR count). The zero-order valence-electron chi connectivity index (χ0n) is 15.1. The molecule has 25 heavy (non-hydrogen) atoms. The zero-order chi connectivity index (χ0) is 17.8. The van der Waals surface area contributed by atoms with E-state index < -0.39 is 0 Å². The monoisotopic (exact) mass is 353 g/mol. The second-order valence-electron chi connectivity index (χ2n) is 6.25. The van der Waals surface area contributed by atoms with Gasteiger partial charge < -0.3 is 9.30 Å². The summed E-state index contributed by atoms with van der Waals surface area (Å²) in [5.41, 5.74) is 3.74. The van der Waals surface area contributed by atoms with E-state index in [1.807, 2.05) is 36.7 Å². The van der Waals surface area contributed by atoms with Gasteiger partial charge in [-0.15, -0.1) is 10.2 Å². The SMILES string of the molecule is Cc1cccc(CSc2nnc(C(C)Oc3cccc(C)c3)n2C)c1. The average Bonchev–Trinajstić information content (AvgIpc) is 2.94. The number of ether oxygens (including phenoxy) is 1. The van der Waals surface area contributed by atoms with Crippen LogP contribution in [0.5, 0.6) is 5.75 Å². The van der Waals surface area contributed by atoms with Gasteiger partial charge in [0.25, 0.3) is 0 Å². The molecule has 130 valence electrons. The van der Waals surface area contributed by atoms with E-state index in [1.54, 1.807) is 11.8 Å². The summed E-state index contributed by atoms with van der Waals surface area (Å²) < 4.78 is 8.04. The molecule has 0 saturated heterocycles. The molecule has 1 unspecified atom stereocenters. The van der Waals surface area contributed by atoms with Crippen LogP contribution in [0.1, 0.15) is 35.5 Å². The lowest BCUT2D eigenvalue weighted by Gasteiger charge is -2.14. The molecule has 1 heterocycles. The smallest absolute Gasteiger partial charge is 0.191 e. The minimum absolute atomic E-state index is 0.160. The predicted molar refractivity (Wildman–Crippen MR) is 102 cm³/mol. The molecule has 0 fully saturated rings. The normalized spacial score (nSPS) is 12.2. The maximum atomic E-state index is 6.02. The third-order valence-corrected chi connectivity index (χ3v) is 5.08. The van der Waals surface area contributed by atoms with Gasteiger partial charge in [-0.25, -0.2) is 0 Å². The third-order valence-electron chi connectivity index (χ3n) is 3.99. The molecule has 4 nitrogen and oxygen atoms in total. The summed E-state index contributed by atoms with van der Waals surface area (Å²) in [4.78, 5) is 0. The van der Waals surface area contributed by atoms with Gasteiger partial charge in [0.15, 0.2) is 17.1 Å². The Bertz CT molecular complexity index is 860. The first-order valence-corrected chi connectivity index (χ1v) is 9.32. The van der Waals surface area contributed by atoms with E-state index in [2.05, 4.69) is 54.4 Å². The Hall–Kier alpha value is -2.27. The largest absolute Gasteiger partial charge is 0.483 e. The molecule has 0 amide bonds. The van der Waals surface area contributed by atoms with Gasteiger partial charge in [0.2, 0.25) is 0 Å². The summed E-state index contributed by atoms with van der Waals surface area (Å²) in [7, 11) is 1.99. The van der Waals surface area contributed by atoms with Crippen LogP contribution in [0.3, 0.4) is 0 Å². The van der Waals surface area contributed by atoms with Gasteiger partial charge >= 0.3 is 0 Å². The molecule has 0 bridgehead atoms. The Morgan fingerprint density at radius 3 is 2.48 bits per heavy atom. The van der Waals surface area contributed by atoms with Crippen LogP contribution in [-0.2, 0) is 12.8 Å². The number of benzene rings is 2. The Kier molecular flexibility index (Phi) is 5.43. The molecule has 2 aromatic carbocycles. The maximum absolute atomic E-state index is 6.02. The van der Waals surface area contributed by atoms with Crippen molar-refractivity contribution in [3.8, 4) is 5.75 Å². The van der Waals surface area contributed by atoms with Gasteiger partial charge in [-0.1, -0.05) is 53.7 Å². The molecule has 0 radical (unpaired) electrons. The van der Waals surface area contributed by atoms with Crippen LogP contribution in [0.4, 0.5) is 0 Å². The highest BCUT2D eigenvalue weighted by Gasteiger charge is 2.17. The number of nitrogens with zero attached hydrogens (tertiary/aromatic N) is 3. The highest BCUT2D eigenvalue weighted by molar-refractivity contribution is 7.98. The summed E-state index contributed by atoms with van der Waals surface area (Å²) in [6, 6.07) is 16.6. The molecule has 0 spiro atoms. The third kappa shape index (κ3) is 4.42. The van der Waals surface area contributed by atoms with E-state index in [0.29, 0.717) is 0 Å². The lowest BCUT2D eigenvalue weighted by Crippen LogP contribution is -2.10. The summed E-state index contributed by atoms with van der Waals surface area (Å²) in [5, 5.41) is 9.56. The quantitative estimate of drug-likeness (QED) is 0.593. The van der Waals surface area contributed by atoms with Crippen molar-refractivity contribution in [3.63, 3.8) is 0 Å². The van der Waals surface area contributed by atoms with Crippen LogP contribution in [-0.4, -0.2) is 14.8 Å². The molecule has 0 N–H and O–H groups in total. The predicted octanol–water partition coefficient (Wildman–Crippen LogP) is 4.86. The molecule has 0 aliphatic carbocycles. The second-order valence-corrected chi connectivity index (χ2v) is 7.20. The molecule has 0 saturated carbocycles. The van der Waals surface area contributed by atoms with Crippen molar-refractivity contribution in [1.29, 1.82) is 0 Å². The van der Waals surface area contributed by atoms with Gasteiger partial charge in [-0.3, -0.25) is 0 Å². The van der Waals surface area contributed by atoms with Gasteiger partial charge in [0, 0.05) is 12.8 Å². The summed E-state index contributed by atoms with van der Waals surface area (Å²) in [6.07, 6.45) is -0.160. The number of hydrogen-bond acceptors (Lipinski definition) is 4. The zero-order valence-corrected chi connectivity index (χ0v) is 15.9. The molecular formula is C20H23N3OS.